The minimum atomic E-state index is 0.188. The molecule has 0 atom stereocenters. The van der Waals surface area contributed by atoms with Crippen LogP contribution in [0, 0.1) is 0 Å². The molecule has 122 valence electrons. The predicted molar refractivity (Wildman–Crippen MR) is 94.4 cm³/mol. The lowest BCUT2D eigenvalue weighted by atomic mass is 10.1. The lowest BCUT2D eigenvalue weighted by Crippen LogP contribution is -2.30. The number of benzene rings is 1. The monoisotopic (exact) mass is 311 g/mol. The van der Waals surface area contributed by atoms with Crippen molar-refractivity contribution < 1.29 is 4.79 Å². The molecule has 4 heteroatoms. The highest BCUT2D eigenvalue weighted by Crippen LogP contribution is 2.14. The van der Waals surface area contributed by atoms with Gasteiger partial charge in [0, 0.05) is 51.7 Å². The van der Waals surface area contributed by atoms with Crippen molar-refractivity contribution in [2.24, 2.45) is 0 Å². The number of aromatic nitrogens is 1. The molecule has 1 aromatic heterocycles. The molecule has 1 aromatic carbocycles. The van der Waals surface area contributed by atoms with Crippen LogP contribution in [0.5, 0.6) is 0 Å². The summed E-state index contributed by atoms with van der Waals surface area (Å²) >= 11 is 0. The van der Waals surface area contributed by atoms with E-state index >= 15 is 0 Å². The molecule has 0 aliphatic rings. The highest BCUT2D eigenvalue weighted by Gasteiger charge is 2.12. The average Bonchev–Trinajstić information content (AvgIpc) is 2.59. The van der Waals surface area contributed by atoms with Gasteiger partial charge in [0.15, 0.2) is 0 Å². The van der Waals surface area contributed by atoms with Crippen molar-refractivity contribution in [1.82, 2.24) is 9.88 Å². The van der Waals surface area contributed by atoms with Crippen LogP contribution in [0.25, 0.3) is 0 Å². The Hall–Kier alpha value is -2.36. The van der Waals surface area contributed by atoms with Gasteiger partial charge in [0.2, 0.25) is 5.91 Å². The Morgan fingerprint density at radius 1 is 1.09 bits per heavy atom. The third-order valence-electron chi connectivity index (χ3n) is 3.91. The van der Waals surface area contributed by atoms with E-state index in [0.29, 0.717) is 13.0 Å². The largest absolute Gasteiger partial charge is 0.378 e. The molecule has 0 saturated heterocycles. The minimum absolute atomic E-state index is 0.188. The second kappa shape index (κ2) is 8.32. The zero-order chi connectivity index (χ0) is 16.7. The summed E-state index contributed by atoms with van der Waals surface area (Å²) in [6.45, 7) is 3.41. The van der Waals surface area contributed by atoms with Crippen LogP contribution >= 0.6 is 0 Å². The van der Waals surface area contributed by atoms with Crippen molar-refractivity contribution in [3.8, 4) is 0 Å². The van der Waals surface area contributed by atoms with Crippen LogP contribution in [-0.2, 0) is 17.8 Å². The third kappa shape index (κ3) is 5.09. The maximum absolute atomic E-state index is 12.4. The molecule has 1 heterocycles. The van der Waals surface area contributed by atoms with Crippen LogP contribution in [0.1, 0.15) is 24.5 Å². The van der Waals surface area contributed by atoms with Gasteiger partial charge in [-0.2, -0.15) is 0 Å². The van der Waals surface area contributed by atoms with Gasteiger partial charge in [-0.05, 0) is 42.7 Å². The topological polar surface area (TPSA) is 36.4 Å². The van der Waals surface area contributed by atoms with Crippen molar-refractivity contribution in [2.75, 3.05) is 25.5 Å². The lowest BCUT2D eigenvalue weighted by molar-refractivity contribution is -0.131. The number of nitrogens with zero attached hydrogens (tertiary/aromatic N) is 3. The summed E-state index contributed by atoms with van der Waals surface area (Å²) in [6.07, 6.45) is 4.84. The lowest BCUT2D eigenvalue weighted by Gasteiger charge is -2.21. The van der Waals surface area contributed by atoms with Gasteiger partial charge >= 0.3 is 0 Å². The Balaban J connectivity index is 1.92. The predicted octanol–water partition coefficient (Wildman–Crippen LogP) is 3.13. The first-order valence-corrected chi connectivity index (χ1v) is 8.03. The quantitative estimate of drug-likeness (QED) is 0.788. The molecular formula is C19H25N3O. The molecule has 0 spiro atoms. The second-order valence-electron chi connectivity index (χ2n) is 5.83. The molecule has 0 saturated carbocycles. The van der Waals surface area contributed by atoms with E-state index in [0.717, 1.165) is 24.1 Å². The number of carbonyl (C=O) groups is 1. The minimum Gasteiger partial charge on any atom is -0.378 e. The number of pyridine rings is 1. The fraction of sp³-hybridized carbons (Fsp3) is 0.368. The Morgan fingerprint density at radius 2 is 1.83 bits per heavy atom. The van der Waals surface area contributed by atoms with Crippen molar-refractivity contribution in [3.05, 3.63) is 59.9 Å². The van der Waals surface area contributed by atoms with E-state index in [9.17, 15) is 4.79 Å². The highest BCUT2D eigenvalue weighted by molar-refractivity contribution is 5.76. The summed E-state index contributed by atoms with van der Waals surface area (Å²) in [5.74, 6) is 0.188. The smallest absolute Gasteiger partial charge is 0.223 e. The van der Waals surface area contributed by atoms with E-state index < -0.39 is 0 Å². The third-order valence-corrected chi connectivity index (χ3v) is 3.91. The van der Waals surface area contributed by atoms with E-state index in [2.05, 4.69) is 34.1 Å². The molecule has 1 amide bonds. The highest BCUT2D eigenvalue weighted by atomic mass is 16.2. The van der Waals surface area contributed by atoms with Gasteiger partial charge in [-0.15, -0.1) is 0 Å². The summed E-state index contributed by atoms with van der Waals surface area (Å²) in [5, 5.41) is 0. The Kier molecular flexibility index (Phi) is 6.15. The maximum Gasteiger partial charge on any atom is 0.223 e. The SMILES string of the molecule is CCN(Cc1ccc(N(C)C)cc1)C(=O)CCc1cccnc1. The molecule has 0 N–H and O–H groups in total. The van der Waals surface area contributed by atoms with Gasteiger partial charge in [-0.1, -0.05) is 18.2 Å². The molecule has 0 bridgehead atoms. The van der Waals surface area contributed by atoms with Gasteiger partial charge in [0.1, 0.15) is 0 Å². The number of carbonyl (C=O) groups excluding carboxylic acids is 1. The molecule has 0 aliphatic heterocycles. The van der Waals surface area contributed by atoms with Crippen molar-refractivity contribution in [2.45, 2.75) is 26.3 Å². The molecule has 2 rings (SSSR count). The van der Waals surface area contributed by atoms with Crippen LogP contribution in [0.3, 0.4) is 0 Å². The first-order chi connectivity index (χ1) is 11.1. The molecule has 0 aliphatic carbocycles. The molecule has 0 unspecified atom stereocenters. The zero-order valence-electron chi connectivity index (χ0n) is 14.2. The molecular weight excluding hydrogens is 286 g/mol. The normalized spacial score (nSPS) is 10.4. The number of anilines is 1. The van der Waals surface area contributed by atoms with Crippen molar-refractivity contribution in [1.29, 1.82) is 0 Å². The second-order valence-corrected chi connectivity index (χ2v) is 5.83. The Bertz CT molecular complexity index is 608. The Labute approximate surface area is 138 Å². The summed E-state index contributed by atoms with van der Waals surface area (Å²) < 4.78 is 0. The van der Waals surface area contributed by atoms with E-state index in [1.54, 1.807) is 6.20 Å². The van der Waals surface area contributed by atoms with Gasteiger partial charge in [-0.25, -0.2) is 0 Å². The van der Waals surface area contributed by atoms with Crippen LogP contribution in [0.15, 0.2) is 48.8 Å². The first kappa shape index (κ1) is 17.0. The van der Waals surface area contributed by atoms with Crippen LogP contribution in [0.2, 0.25) is 0 Å². The number of aryl methyl sites for hydroxylation is 1. The number of hydrogen-bond donors (Lipinski definition) is 0. The molecule has 0 radical (unpaired) electrons. The standard InChI is InChI=1S/C19H25N3O/c1-4-22(15-17-7-10-18(11-8-17)21(2)3)19(23)12-9-16-6-5-13-20-14-16/h5-8,10-11,13-14H,4,9,12,15H2,1-3H3. The fourth-order valence-electron chi connectivity index (χ4n) is 2.45. The van der Waals surface area contributed by atoms with Gasteiger partial charge in [0.05, 0.1) is 0 Å². The molecule has 0 fully saturated rings. The maximum atomic E-state index is 12.4. The van der Waals surface area contributed by atoms with E-state index in [-0.39, 0.29) is 5.91 Å². The summed E-state index contributed by atoms with van der Waals surface area (Å²) in [5.41, 5.74) is 3.43. The molecule has 4 nitrogen and oxygen atoms in total. The van der Waals surface area contributed by atoms with Crippen LogP contribution < -0.4 is 4.90 Å². The van der Waals surface area contributed by atoms with Gasteiger partial charge < -0.3 is 9.80 Å². The zero-order valence-corrected chi connectivity index (χ0v) is 14.2. The number of amides is 1. The van der Waals surface area contributed by atoms with E-state index in [1.807, 2.05) is 44.2 Å². The average molecular weight is 311 g/mol. The van der Waals surface area contributed by atoms with E-state index in [4.69, 9.17) is 0 Å². The number of rotatable bonds is 7. The first-order valence-electron chi connectivity index (χ1n) is 8.03. The summed E-state index contributed by atoms with van der Waals surface area (Å²) in [4.78, 5) is 20.5. The van der Waals surface area contributed by atoms with Crippen molar-refractivity contribution >= 4 is 11.6 Å². The summed E-state index contributed by atoms with van der Waals surface area (Å²) in [6, 6.07) is 12.3. The Morgan fingerprint density at radius 3 is 2.39 bits per heavy atom. The van der Waals surface area contributed by atoms with E-state index in [1.165, 1.54) is 5.69 Å². The molecule has 2 aromatic rings. The van der Waals surface area contributed by atoms with Crippen LogP contribution in [0.4, 0.5) is 5.69 Å². The van der Waals surface area contributed by atoms with Gasteiger partial charge in [-0.3, -0.25) is 9.78 Å². The number of hydrogen-bond acceptors (Lipinski definition) is 3. The van der Waals surface area contributed by atoms with Crippen molar-refractivity contribution in [3.63, 3.8) is 0 Å². The van der Waals surface area contributed by atoms with Gasteiger partial charge in [0.25, 0.3) is 0 Å². The molecule has 23 heavy (non-hydrogen) atoms. The fourth-order valence-corrected chi connectivity index (χ4v) is 2.45. The van der Waals surface area contributed by atoms with Crippen LogP contribution in [-0.4, -0.2) is 36.4 Å². The summed E-state index contributed by atoms with van der Waals surface area (Å²) in [7, 11) is 4.05.